The highest BCUT2D eigenvalue weighted by Gasteiger charge is 2.40. The third kappa shape index (κ3) is 4.93. The number of carbonyl (C=O) groups is 1. The molecule has 1 saturated heterocycles. The van der Waals surface area contributed by atoms with Crippen LogP contribution < -0.4 is 25.8 Å². The van der Waals surface area contributed by atoms with Gasteiger partial charge in [-0.1, -0.05) is 35.9 Å². The van der Waals surface area contributed by atoms with Gasteiger partial charge < -0.3 is 25.2 Å². The monoisotopic (exact) mass is 521 g/mol. The van der Waals surface area contributed by atoms with Crippen LogP contribution in [0.2, 0.25) is 5.02 Å². The van der Waals surface area contributed by atoms with Crippen molar-refractivity contribution in [2.75, 3.05) is 12.0 Å². The standard InChI is InChI=1S/C27H28ClN5O4/c1-15-31-32-27-21(13-24(35)29-14-17-4-3-5-23(34)26(17)36)30-25(16-6-8-18(28)9-7-16)20-12-19(37-2)10-11-22(20)33(15)27/h3-12,15,21,27,31-32,34,36H,13-14H2,1-2H3,(H,29,35)/t15?,21-,27?/m0/s1. The van der Waals surface area contributed by atoms with E-state index in [1.165, 1.54) is 6.07 Å². The van der Waals surface area contributed by atoms with E-state index in [0.29, 0.717) is 16.3 Å². The molecule has 37 heavy (non-hydrogen) atoms. The number of ether oxygens (including phenoxy) is 1. The summed E-state index contributed by atoms with van der Waals surface area (Å²) >= 11 is 6.16. The van der Waals surface area contributed by atoms with E-state index in [0.717, 1.165) is 22.5 Å². The fourth-order valence-corrected chi connectivity index (χ4v) is 4.89. The van der Waals surface area contributed by atoms with E-state index in [9.17, 15) is 15.0 Å². The van der Waals surface area contributed by atoms with Gasteiger partial charge in [0.1, 0.15) is 11.9 Å². The van der Waals surface area contributed by atoms with Crippen molar-refractivity contribution in [1.29, 1.82) is 0 Å². The summed E-state index contributed by atoms with van der Waals surface area (Å²) in [4.78, 5) is 20.4. The molecular formula is C27H28ClN5O4. The maximum Gasteiger partial charge on any atom is 0.222 e. The Kier molecular flexibility index (Phi) is 6.92. The van der Waals surface area contributed by atoms with Gasteiger partial charge in [-0.3, -0.25) is 9.79 Å². The number of aliphatic imine (C=N–C) groups is 1. The molecule has 2 heterocycles. The summed E-state index contributed by atoms with van der Waals surface area (Å²) in [7, 11) is 1.62. The van der Waals surface area contributed by atoms with Crippen molar-refractivity contribution in [2.45, 2.75) is 38.3 Å². The van der Waals surface area contributed by atoms with E-state index < -0.39 is 6.04 Å². The van der Waals surface area contributed by atoms with Crippen molar-refractivity contribution < 1.29 is 19.7 Å². The highest BCUT2D eigenvalue weighted by molar-refractivity contribution is 6.30. The highest BCUT2D eigenvalue weighted by atomic mass is 35.5. The number of methoxy groups -OCH3 is 1. The summed E-state index contributed by atoms with van der Waals surface area (Å²) in [5, 5.41) is 23.3. The zero-order chi connectivity index (χ0) is 26.1. The van der Waals surface area contributed by atoms with E-state index >= 15 is 0 Å². The van der Waals surface area contributed by atoms with E-state index in [2.05, 4.69) is 21.1 Å². The number of hydrogen-bond donors (Lipinski definition) is 5. The normalized spacial score (nSPS) is 20.5. The van der Waals surface area contributed by atoms with Gasteiger partial charge in [-0.05, 0) is 43.3 Å². The Bertz CT molecular complexity index is 1350. The minimum Gasteiger partial charge on any atom is -0.504 e. The first kappa shape index (κ1) is 24.9. The van der Waals surface area contributed by atoms with Crippen LogP contribution in [0.4, 0.5) is 5.69 Å². The molecule has 5 N–H and O–H groups in total. The molecule has 2 aliphatic rings. The number of amides is 1. The molecule has 2 aliphatic heterocycles. The molecule has 0 saturated carbocycles. The van der Waals surface area contributed by atoms with Crippen LogP contribution in [0.3, 0.4) is 0 Å². The largest absolute Gasteiger partial charge is 0.504 e. The molecule has 3 aromatic rings. The van der Waals surface area contributed by atoms with Crippen molar-refractivity contribution in [3.63, 3.8) is 0 Å². The number of benzene rings is 3. The maximum absolute atomic E-state index is 13.1. The Balaban J connectivity index is 1.50. The number of para-hydroxylation sites is 1. The van der Waals surface area contributed by atoms with Crippen LogP contribution >= 0.6 is 11.6 Å². The van der Waals surface area contributed by atoms with Gasteiger partial charge in [-0.15, -0.1) is 0 Å². The van der Waals surface area contributed by atoms with Gasteiger partial charge in [-0.25, -0.2) is 10.9 Å². The third-order valence-corrected chi connectivity index (χ3v) is 6.89. The predicted octanol–water partition coefficient (Wildman–Crippen LogP) is 3.27. The number of nitrogens with zero attached hydrogens (tertiary/aromatic N) is 2. The summed E-state index contributed by atoms with van der Waals surface area (Å²) < 4.78 is 5.52. The number of phenols is 2. The lowest BCUT2D eigenvalue weighted by molar-refractivity contribution is -0.121. The van der Waals surface area contributed by atoms with Gasteiger partial charge in [-0.2, -0.15) is 0 Å². The molecule has 10 heteroatoms. The van der Waals surface area contributed by atoms with Crippen LogP contribution in [0.1, 0.15) is 30.0 Å². The van der Waals surface area contributed by atoms with Crippen molar-refractivity contribution in [2.24, 2.45) is 4.99 Å². The fourth-order valence-electron chi connectivity index (χ4n) is 4.76. The molecule has 0 radical (unpaired) electrons. The Morgan fingerprint density at radius 1 is 1.14 bits per heavy atom. The Morgan fingerprint density at radius 2 is 1.92 bits per heavy atom. The zero-order valence-electron chi connectivity index (χ0n) is 20.4. The lowest BCUT2D eigenvalue weighted by Gasteiger charge is -2.31. The average molecular weight is 522 g/mol. The van der Waals surface area contributed by atoms with Crippen molar-refractivity contribution in [3.05, 3.63) is 82.4 Å². The summed E-state index contributed by atoms with van der Waals surface area (Å²) in [6, 6.07) is 17.5. The minimum atomic E-state index is -0.459. The molecular weight excluding hydrogens is 494 g/mol. The Morgan fingerprint density at radius 3 is 2.68 bits per heavy atom. The Labute approximate surface area is 219 Å². The molecule has 0 bridgehead atoms. The van der Waals surface area contributed by atoms with E-state index in [-0.39, 0.29) is 42.7 Å². The second-order valence-corrected chi connectivity index (χ2v) is 9.45. The smallest absolute Gasteiger partial charge is 0.222 e. The molecule has 1 fully saturated rings. The number of hydrogen-bond acceptors (Lipinski definition) is 8. The van der Waals surface area contributed by atoms with Crippen LogP contribution in [-0.4, -0.2) is 47.3 Å². The van der Waals surface area contributed by atoms with Crippen molar-refractivity contribution in [1.82, 2.24) is 16.2 Å². The van der Waals surface area contributed by atoms with Crippen molar-refractivity contribution >= 4 is 28.9 Å². The molecule has 0 spiro atoms. The zero-order valence-corrected chi connectivity index (χ0v) is 21.2. The first-order valence-electron chi connectivity index (χ1n) is 11.9. The van der Waals surface area contributed by atoms with Crippen LogP contribution in [0.25, 0.3) is 0 Å². The molecule has 5 rings (SSSR count). The number of halogens is 1. The van der Waals surface area contributed by atoms with Gasteiger partial charge in [0.2, 0.25) is 5.91 Å². The quantitative estimate of drug-likeness (QED) is 0.316. The molecule has 2 unspecified atom stereocenters. The molecule has 192 valence electrons. The van der Waals surface area contributed by atoms with Crippen molar-refractivity contribution in [3.8, 4) is 17.2 Å². The molecule has 3 atom stereocenters. The van der Waals surface area contributed by atoms with Crippen LogP contribution in [0.15, 0.2) is 65.7 Å². The first-order valence-corrected chi connectivity index (χ1v) is 12.3. The maximum atomic E-state index is 13.1. The van der Waals surface area contributed by atoms with Gasteiger partial charge >= 0.3 is 0 Å². The number of fused-ring (bicyclic) bond motifs is 3. The van der Waals surface area contributed by atoms with Gasteiger partial charge in [0, 0.05) is 33.9 Å². The summed E-state index contributed by atoms with van der Waals surface area (Å²) in [6.07, 6.45) is -0.275. The summed E-state index contributed by atoms with van der Waals surface area (Å²) in [5.41, 5.74) is 10.4. The molecule has 0 aromatic heterocycles. The van der Waals surface area contributed by atoms with E-state index in [1.807, 2.05) is 49.4 Å². The minimum absolute atomic E-state index is 0.0632. The second-order valence-electron chi connectivity index (χ2n) is 9.02. The summed E-state index contributed by atoms with van der Waals surface area (Å²) in [6.45, 7) is 2.11. The van der Waals surface area contributed by atoms with Gasteiger partial charge in [0.25, 0.3) is 0 Å². The third-order valence-electron chi connectivity index (χ3n) is 6.64. The molecule has 1 amide bonds. The fraction of sp³-hybridized carbons (Fsp3) is 0.259. The first-order chi connectivity index (χ1) is 17.9. The topological polar surface area (TPSA) is 118 Å². The molecule has 9 nitrogen and oxygen atoms in total. The van der Waals surface area contributed by atoms with E-state index in [1.54, 1.807) is 19.2 Å². The predicted molar refractivity (Wildman–Crippen MR) is 142 cm³/mol. The number of aromatic hydroxyl groups is 2. The van der Waals surface area contributed by atoms with Gasteiger partial charge in [0.05, 0.1) is 31.4 Å². The number of anilines is 1. The summed E-state index contributed by atoms with van der Waals surface area (Å²) in [5.74, 6) is -0.0122. The van der Waals surface area contributed by atoms with Crippen LogP contribution in [0.5, 0.6) is 17.2 Å². The number of rotatable bonds is 6. The highest BCUT2D eigenvalue weighted by Crippen LogP contribution is 2.36. The molecule has 3 aromatic carbocycles. The van der Waals surface area contributed by atoms with Gasteiger partial charge in [0.15, 0.2) is 11.5 Å². The van der Waals surface area contributed by atoms with E-state index in [4.69, 9.17) is 21.3 Å². The lowest BCUT2D eigenvalue weighted by Crippen LogP contribution is -2.47. The number of carbonyl (C=O) groups excluding carboxylic acids is 1. The number of phenolic OH excluding ortho intramolecular Hbond substituents is 2. The average Bonchev–Trinajstić information content (AvgIpc) is 3.22. The second kappa shape index (κ2) is 10.3. The SMILES string of the molecule is COc1ccc2c(c1)C(c1ccc(Cl)cc1)=N[C@@H](CC(=O)NCc1cccc(O)c1O)C1NNC(C)N21. The Hall–Kier alpha value is -3.79. The van der Waals surface area contributed by atoms with Crippen LogP contribution in [-0.2, 0) is 11.3 Å². The lowest BCUT2D eigenvalue weighted by atomic mass is 9.99. The molecule has 0 aliphatic carbocycles. The number of nitrogens with one attached hydrogen (secondary N) is 3. The van der Waals surface area contributed by atoms with Crippen LogP contribution in [0, 0.1) is 0 Å². The number of hydrazine groups is 1.